The Bertz CT molecular complexity index is 773. The Hall–Kier alpha value is -2.24. The molecular weight excluding hydrogens is 331 g/mol. The molecule has 5 heteroatoms. The van der Waals surface area contributed by atoms with E-state index in [1.165, 1.54) is 0 Å². The van der Waals surface area contributed by atoms with Crippen molar-refractivity contribution in [2.24, 2.45) is 4.99 Å². The lowest BCUT2D eigenvalue weighted by atomic mass is 9.87. The van der Waals surface area contributed by atoms with Gasteiger partial charge in [-0.25, -0.2) is 9.38 Å². The van der Waals surface area contributed by atoms with Crippen LogP contribution < -0.4 is 0 Å². The van der Waals surface area contributed by atoms with Gasteiger partial charge in [-0.3, -0.25) is 0 Å². The van der Waals surface area contributed by atoms with E-state index in [-0.39, 0.29) is 5.82 Å². The van der Waals surface area contributed by atoms with Crippen molar-refractivity contribution in [3.05, 3.63) is 65.0 Å². The highest BCUT2D eigenvalue weighted by atomic mass is 19.1. The fourth-order valence-corrected chi connectivity index (χ4v) is 2.90. The quantitative estimate of drug-likeness (QED) is 0.551. The van der Waals surface area contributed by atoms with Crippen molar-refractivity contribution in [3.8, 4) is 0 Å². The minimum absolute atomic E-state index is 0.338. The number of aliphatic imine (C=N–C) groups is 1. The Morgan fingerprint density at radius 2 is 2.00 bits per heavy atom. The van der Waals surface area contributed by atoms with Crippen LogP contribution in [0.5, 0.6) is 0 Å². The molecule has 1 aliphatic rings. The molecule has 1 fully saturated rings. The predicted molar refractivity (Wildman–Crippen MR) is 101 cm³/mol. The van der Waals surface area contributed by atoms with Gasteiger partial charge in [0.25, 0.3) is 0 Å². The first-order valence-electron chi connectivity index (χ1n) is 8.85. The molecule has 0 saturated carbocycles. The Morgan fingerprint density at radius 1 is 1.27 bits per heavy atom. The Morgan fingerprint density at radius 3 is 2.62 bits per heavy atom. The van der Waals surface area contributed by atoms with Gasteiger partial charge in [-0.05, 0) is 42.7 Å². The van der Waals surface area contributed by atoms with E-state index in [4.69, 9.17) is 9.47 Å². The summed E-state index contributed by atoms with van der Waals surface area (Å²) in [5.41, 5.74) is 2.61. The zero-order chi connectivity index (χ0) is 18.6. The summed E-state index contributed by atoms with van der Waals surface area (Å²) in [6.07, 6.45) is 1.64. The van der Waals surface area contributed by atoms with Gasteiger partial charge in [-0.2, -0.15) is 0 Å². The van der Waals surface area contributed by atoms with Crippen molar-refractivity contribution in [2.75, 3.05) is 26.8 Å². The number of rotatable bonds is 7. The van der Waals surface area contributed by atoms with Crippen molar-refractivity contribution < 1.29 is 13.9 Å². The topological polar surface area (TPSA) is 34.1 Å². The second-order valence-electron chi connectivity index (χ2n) is 6.70. The third kappa shape index (κ3) is 3.94. The summed E-state index contributed by atoms with van der Waals surface area (Å²) in [7, 11) is 1.90. The number of ether oxygens (including phenoxy) is 2. The SMILES string of the molecule is CCN(C)C=Nc1cc(C)c(C2(OCc3ccccc3)COC2)cc1F. The Balaban J connectivity index is 1.82. The van der Waals surface area contributed by atoms with E-state index < -0.39 is 5.60 Å². The van der Waals surface area contributed by atoms with E-state index in [1.807, 2.05) is 56.1 Å². The van der Waals surface area contributed by atoms with Gasteiger partial charge >= 0.3 is 0 Å². The van der Waals surface area contributed by atoms with E-state index >= 15 is 0 Å². The van der Waals surface area contributed by atoms with Crippen LogP contribution in [-0.2, 0) is 21.7 Å². The first-order valence-corrected chi connectivity index (χ1v) is 8.85. The van der Waals surface area contributed by atoms with Crippen LogP contribution in [-0.4, -0.2) is 38.0 Å². The molecule has 4 nitrogen and oxygen atoms in total. The van der Waals surface area contributed by atoms with Crippen LogP contribution in [0, 0.1) is 12.7 Å². The molecule has 0 radical (unpaired) electrons. The van der Waals surface area contributed by atoms with Crippen LogP contribution in [0.1, 0.15) is 23.6 Å². The summed E-state index contributed by atoms with van der Waals surface area (Å²) in [4.78, 5) is 6.15. The second-order valence-corrected chi connectivity index (χ2v) is 6.70. The van der Waals surface area contributed by atoms with Crippen molar-refractivity contribution in [1.29, 1.82) is 0 Å². The molecule has 1 heterocycles. The van der Waals surface area contributed by atoms with Crippen LogP contribution in [0.15, 0.2) is 47.5 Å². The van der Waals surface area contributed by atoms with Gasteiger partial charge in [0.2, 0.25) is 0 Å². The third-order valence-corrected chi connectivity index (χ3v) is 4.71. The second kappa shape index (κ2) is 7.98. The first kappa shape index (κ1) is 18.5. The minimum Gasteiger partial charge on any atom is -0.375 e. The van der Waals surface area contributed by atoms with Crippen LogP contribution in [0.3, 0.4) is 0 Å². The van der Waals surface area contributed by atoms with Gasteiger partial charge in [-0.15, -0.1) is 0 Å². The van der Waals surface area contributed by atoms with Crippen LogP contribution >= 0.6 is 0 Å². The molecule has 0 amide bonds. The summed E-state index contributed by atoms with van der Waals surface area (Å²) in [6, 6.07) is 13.3. The van der Waals surface area contributed by atoms with Gasteiger partial charge < -0.3 is 14.4 Å². The van der Waals surface area contributed by atoms with Crippen molar-refractivity contribution in [3.63, 3.8) is 0 Å². The van der Waals surface area contributed by atoms with Crippen LogP contribution in [0.4, 0.5) is 10.1 Å². The Labute approximate surface area is 154 Å². The Kier molecular flexibility index (Phi) is 5.69. The molecule has 0 unspecified atom stereocenters. The van der Waals surface area contributed by atoms with Crippen LogP contribution in [0.25, 0.3) is 0 Å². The van der Waals surface area contributed by atoms with Gasteiger partial charge in [0.1, 0.15) is 17.1 Å². The van der Waals surface area contributed by atoms with Crippen molar-refractivity contribution in [1.82, 2.24) is 4.90 Å². The standard InChI is InChI=1S/C21H25FN2O2/c1-4-24(3)15-23-20-10-16(2)18(11-19(20)22)21(13-25-14-21)26-12-17-8-6-5-7-9-17/h5-11,15H,4,12-14H2,1-3H3. The average Bonchev–Trinajstić information content (AvgIpc) is 2.62. The highest BCUT2D eigenvalue weighted by molar-refractivity contribution is 5.62. The average molecular weight is 356 g/mol. The molecule has 0 aliphatic carbocycles. The summed E-state index contributed by atoms with van der Waals surface area (Å²) in [5.74, 6) is -0.346. The maximum Gasteiger partial charge on any atom is 0.149 e. The number of hydrogen-bond acceptors (Lipinski definition) is 3. The number of benzene rings is 2. The third-order valence-electron chi connectivity index (χ3n) is 4.71. The molecule has 0 bridgehead atoms. The summed E-state index contributed by atoms with van der Waals surface area (Å²) < 4.78 is 26.2. The fraction of sp³-hybridized carbons (Fsp3) is 0.381. The highest BCUT2D eigenvalue weighted by Gasteiger charge is 2.43. The molecule has 0 spiro atoms. The van der Waals surface area contributed by atoms with Crippen molar-refractivity contribution in [2.45, 2.75) is 26.1 Å². The van der Waals surface area contributed by atoms with Gasteiger partial charge in [0.15, 0.2) is 0 Å². The predicted octanol–water partition coefficient (Wildman–Crippen LogP) is 4.19. The molecule has 0 atom stereocenters. The summed E-state index contributed by atoms with van der Waals surface area (Å²) >= 11 is 0. The summed E-state index contributed by atoms with van der Waals surface area (Å²) in [6.45, 7) is 6.12. The lowest BCUT2D eigenvalue weighted by molar-refractivity contribution is -0.223. The van der Waals surface area contributed by atoms with E-state index in [9.17, 15) is 4.39 Å². The normalized spacial score (nSPS) is 15.8. The minimum atomic E-state index is -0.594. The largest absolute Gasteiger partial charge is 0.375 e. The van der Waals surface area contributed by atoms with Gasteiger partial charge in [0.05, 0.1) is 26.2 Å². The maximum atomic E-state index is 14.6. The first-order chi connectivity index (χ1) is 12.5. The molecule has 138 valence electrons. The lowest BCUT2D eigenvalue weighted by Crippen LogP contribution is -2.49. The highest BCUT2D eigenvalue weighted by Crippen LogP contribution is 2.38. The molecule has 0 aromatic heterocycles. The molecular formula is C21H25FN2O2. The molecule has 1 aliphatic heterocycles. The van der Waals surface area contributed by atoms with E-state index in [1.54, 1.807) is 18.5 Å². The maximum absolute atomic E-state index is 14.6. The van der Waals surface area contributed by atoms with E-state index in [2.05, 4.69) is 4.99 Å². The fourth-order valence-electron chi connectivity index (χ4n) is 2.90. The number of hydrogen-bond donors (Lipinski definition) is 0. The van der Waals surface area contributed by atoms with E-state index in [0.717, 1.165) is 23.2 Å². The van der Waals surface area contributed by atoms with Crippen LogP contribution in [0.2, 0.25) is 0 Å². The molecule has 3 rings (SSSR count). The molecule has 26 heavy (non-hydrogen) atoms. The summed E-state index contributed by atoms with van der Waals surface area (Å²) in [5, 5.41) is 0. The monoisotopic (exact) mass is 356 g/mol. The molecule has 1 saturated heterocycles. The molecule has 2 aromatic rings. The van der Waals surface area contributed by atoms with Gasteiger partial charge in [0, 0.05) is 13.6 Å². The van der Waals surface area contributed by atoms with E-state index in [0.29, 0.717) is 25.5 Å². The lowest BCUT2D eigenvalue weighted by Gasteiger charge is -2.42. The molecule has 2 aromatic carbocycles. The zero-order valence-electron chi connectivity index (χ0n) is 15.5. The number of nitrogens with zero attached hydrogens (tertiary/aromatic N) is 2. The van der Waals surface area contributed by atoms with Crippen molar-refractivity contribution >= 4 is 12.0 Å². The van der Waals surface area contributed by atoms with Gasteiger partial charge in [-0.1, -0.05) is 30.3 Å². The zero-order valence-corrected chi connectivity index (χ0v) is 15.5. The number of aryl methyl sites for hydroxylation is 1. The smallest absolute Gasteiger partial charge is 0.149 e. The number of halogens is 1. The molecule has 0 N–H and O–H groups in total.